The minimum atomic E-state index is -0.00737. The Balaban J connectivity index is 2.13. The molecule has 1 aliphatic rings. The molecule has 0 atom stereocenters. The van der Waals surface area contributed by atoms with E-state index < -0.39 is 0 Å². The van der Waals surface area contributed by atoms with Gasteiger partial charge in [0.2, 0.25) is 0 Å². The van der Waals surface area contributed by atoms with Crippen LogP contribution in [0.5, 0.6) is 0 Å². The zero-order valence-electron chi connectivity index (χ0n) is 19.6. The summed E-state index contributed by atoms with van der Waals surface area (Å²) in [6, 6.07) is 0. The van der Waals surface area contributed by atoms with Crippen molar-refractivity contribution in [2.24, 2.45) is 0 Å². The van der Waals surface area contributed by atoms with E-state index in [-0.39, 0.29) is 11.9 Å². The topological polar surface area (TPSA) is 52.6 Å². The molecule has 1 rings (SSSR count). The fourth-order valence-corrected chi connectivity index (χ4v) is 4.09. The summed E-state index contributed by atoms with van der Waals surface area (Å²) in [5.74, 6) is -0.0147. The molecule has 0 N–H and O–H groups in total. The Morgan fingerprint density at radius 1 is 0.333 bits per heavy atom. The maximum atomic E-state index is 11.8. The molecule has 0 unspecified atom stereocenters. The molecule has 1 saturated heterocycles. The van der Waals surface area contributed by atoms with Gasteiger partial charge in [-0.05, 0) is 25.7 Å². The second-order valence-electron chi connectivity index (χ2n) is 9.01. The van der Waals surface area contributed by atoms with Gasteiger partial charge in [0.15, 0.2) is 0 Å². The Morgan fingerprint density at radius 3 is 0.867 bits per heavy atom. The fraction of sp³-hybridized carbons (Fsp3) is 0.923. The zero-order valence-corrected chi connectivity index (χ0v) is 19.6. The summed E-state index contributed by atoms with van der Waals surface area (Å²) in [5, 5.41) is 0. The Morgan fingerprint density at radius 2 is 0.567 bits per heavy atom. The zero-order chi connectivity index (χ0) is 21.5. The molecule has 4 nitrogen and oxygen atoms in total. The lowest BCUT2D eigenvalue weighted by molar-refractivity contribution is -0.144. The van der Waals surface area contributed by atoms with E-state index in [0.717, 1.165) is 38.5 Å². The lowest BCUT2D eigenvalue weighted by Crippen LogP contribution is -2.05. The van der Waals surface area contributed by atoms with Gasteiger partial charge >= 0.3 is 11.9 Å². The van der Waals surface area contributed by atoms with Crippen LogP contribution in [0.1, 0.15) is 141 Å². The van der Waals surface area contributed by atoms with E-state index >= 15 is 0 Å². The lowest BCUT2D eigenvalue weighted by Gasteiger charge is -2.07. The monoisotopic (exact) mass is 424 g/mol. The average molecular weight is 425 g/mol. The highest BCUT2D eigenvalue weighted by molar-refractivity contribution is 5.69. The van der Waals surface area contributed by atoms with Crippen LogP contribution in [0.25, 0.3) is 0 Å². The van der Waals surface area contributed by atoms with E-state index in [1.807, 2.05) is 0 Å². The summed E-state index contributed by atoms with van der Waals surface area (Å²) in [6.45, 7) is 1.20. The maximum absolute atomic E-state index is 11.8. The molecule has 0 saturated carbocycles. The van der Waals surface area contributed by atoms with Gasteiger partial charge in [0.05, 0.1) is 13.2 Å². The Labute approximate surface area is 185 Å². The first-order chi connectivity index (χ1) is 14.8. The standard InChI is InChI=1S/C26H48O4/c27-25-21-17-13-9-5-1-2-6-10-14-18-22-26(28)30-24-20-16-12-8-4-3-7-11-15-19-23-29-25/h1-24H2. The van der Waals surface area contributed by atoms with E-state index in [4.69, 9.17) is 9.47 Å². The highest BCUT2D eigenvalue weighted by atomic mass is 16.5. The van der Waals surface area contributed by atoms with Crippen molar-refractivity contribution in [1.29, 1.82) is 0 Å². The van der Waals surface area contributed by atoms with Gasteiger partial charge in [0, 0.05) is 12.8 Å². The normalized spacial score (nSPS) is 22.8. The van der Waals surface area contributed by atoms with Crippen LogP contribution in [-0.2, 0) is 19.1 Å². The van der Waals surface area contributed by atoms with Crippen molar-refractivity contribution >= 4 is 11.9 Å². The summed E-state index contributed by atoms with van der Waals surface area (Å²) in [6.07, 6.45) is 24.9. The van der Waals surface area contributed by atoms with Gasteiger partial charge in [0.1, 0.15) is 0 Å². The highest BCUT2D eigenvalue weighted by Crippen LogP contribution is 2.14. The summed E-state index contributed by atoms with van der Waals surface area (Å²) < 4.78 is 10.7. The van der Waals surface area contributed by atoms with E-state index in [1.54, 1.807) is 0 Å². The summed E-state index contributed by atoms with van der Waals surface area (Å²) >= 11 is 0. The first kappa shape index (κ1) is 27.0. The van der Waals surface area contributed by atoms with Crippen LogP contribution in [0, 0.1) is 0 Å². The van der Waals surface area contributed by atoms with Crippen molar-refractivity contribution in [3.63, 3.8) is 0 Å². The second kappa shape index (κ2) is 21.2. The molecule has 0 aromatic heterocycles. The Bertz CT molecular complexity index is 370. The molecule has 0 aromatic carbocycles. The average Bonchev–Trinajstić information content (AvgIpc) is 2.74. The van der Waals surface area contributed by atoms with Crippen molar-refractivity contribution in [2.45, 2.75) is 141 Å². The van der Waals surface area contributed by atoms with Gasteiger partial charge < -0.3 is 9.47 Å². The van der Waals surface area contributed by atoms with Crippen LogP contribution < -0.4 is 0 Å². The van der Waals surface area contributed by atoms with Crippen molar-refractivity contribution in [2.75, 3.05) is 13.2 Å². The van der Waals surface area contributed by atoms with E-state index in [1.165, 1.54) is 89.9 Å². The number of ether oxygens (including phenoxy) is 2. The molecule has 176 valence electrons. The molecule has 0 aromatic rings. The lowest BCUT2D eigenvalue weighted by atomic mass is 10.1. The highest BCUT2D eigenvalue weighted by Gasteiger charge is 2.04. The number of hydrogen-bond donors (Lipinski definition) is 0. The van der Waals surface area contributed by atoms with Crippen LogP contribution in [0.3, 0.4) is 0 Å². The molecule has 0 spiro atoms. The van der Waals surface area contributed by atoms with Crippen molar-refractivity contribution < 1.29 is 19.1 Å². The molecule has 1 aliphatic heterocycles. The van der Waals surface area contributed by atoms with Gasteiger partial charge in [-0.25, -0.2) is 0 Å². The molecule has 0 bridgehead atoms. The van der Waals surface area contributed by atoms with Crippen LogP contribution in [0.15, 0.2) is 0 Å². The number of hydrogen-bond acceptors (Lipinski definition) is 4. The number of carbonyl (C=O) groups is 2. The van der Waals surface area contributed by atoms with Crippen LogP contribution in [0.2, 0.25) is 0 Å². The third-order valence-corrected chi connectivity index (χ3v) is 6.08. The van der Waals surface area contributed by atoms with Crippen LogP contribution in [-0.4, -0.2) is 25.2 Å². The third kappa shape index (κ3) is 18.9. The Kier molecular flexibility index (Phi) is 19.0. The second-order valence-corrected chi connectivity index (χ2v) is 9.01. The largest absolute Gasteiger partial charge is 0.466 e. The molecule has 4 heteroatoms. The smallest absolute Gasteiger partial charge is 0.305 e. The maximum Gasteiger partial charge on any atom is 0.305 e. The summed E-state index contributed by atoms with van der Waals surface area (Å²) in [4.78, 5) is 23.5. The van der Waals surface area contributed by atoms with Crippen molar-refractivity contribution in [3.8, 4) is 0 Å². The fourth-order valence-electron chi connectivity index (χ4n) is 4.09. The SMILES string of the molecule is O=C1CCCCCCCCCCCCC(=O)OCCCCCCCCCCCCO1. The predicted molar refractivity (Wildman–Crippen MR) is 123 cm³/mol. The minimum Gasteiger partial charge on any atom is -0.466 e. The molecule has 30 heavy (non-hydrogen) atoms. The van der Waals surface area contributed by atoms with Crippen LogP contribution >= 0.6 is 0 Å². The van der Waals surface area contributed by atoms with Gasteiger partial charge in [-0.2, -0.15) is 0 Å². The molecule has 0 amide bonds. The Hall–Kier alpha value is -1.06. The van der Waals surface area contributed by atoms with E-state index in [2.05, 4.69) is 0 Å². The van der Waals surface area contributed by atoms with Gasteiger partial charge in [-0.15, -0.1) is 0 Å². The first-order valence-corrected chi connectivity index (χ1v) is 13.1. The van der Waals surface area contributed by atoms with Gasteiger partial charge in [-0.3, -0.25) is 9.59 Å². The third-order valence-electron chi connectivity index (χ3n) is 6.08. The summed E-state index contributed by atoms with van der Waals surface area (Å²) in [5.41, 5.74) is 0. The molecule has 1 heterocycles. The van der Waals surface area contributed by atoms with Crippen molar-refractivity contribution in [1.82, 2.24) is 0 Å². The number of cyclic esters (lactones) is 2. The van der Waals surface area contributed by atoms with Gasteiger partial charge in [0.25, 0.3) is 0 Å². The van der Waals surface area contributed by atoms with Crippen molar-refractivity contribution in [3.05, 3.63) is 0 Å². The van der Waals surface area contributed by atoms with Crippen LogP contribution in [0.4, 0.5) is 0 Å². The number of carbonyl (C=O) groups excluding carboxylic acids is 2. The molecule has 0 aliphatic carbocycles. The number of esters is 2. The first-order valence-electron chi connectivity index (χ1n) is 13.1. The van der Waals surface area contributed by atoms with E-state index in [9.17, 15) is 9.59 Å². The summed E-state index contributed by atoms with van der Waals surface area (Å²) in [7, 11) is 0. The van der Waals surface area contributed by atoms with Gasteiger partial charge in [-0.1, -0.05) is 103 Å². The molecular formula is C26H48O4. The quantitative estimate of drug-likeness (QED) is 0.374. The molecular weight excluding hydrogens is 376 g/mol. The van der Waals surface area contributed by atoms with E-state index in [0.29, 0.717) is 26.1 Å². The molecule has 0 radical (unpaired) electrons. The predicted octanol–water partition coefficient (Wildman–Crippen LogP) is 7.67. The molecule has 1 fully saturated rings. The minimum absolute atomic E-state index is 0.00737. The number of rotatable bonds is 0.